The fourth-order valence-electron chi connectivity index (χ4n) is 8.11. The van der Waals surface area contributed by atoms with Crippen LogP contribution in [0.15, 0.2) is 170 Å². The summed E-state index contributed by atoms with van der Waals surface area (Å²) < 4.78 is 6.31. The average molecular weight is 585 g/mol. The SMILES string of the molecule is c1ccc(C2(c3ccc(-c4cc5c6c(cccc6c4)Oc4ccccc4-5)cc3)c3ccccc3-c3cc4ccccc4cc32)cc1. The Bertz CT molecular complexity index is 2490. The van der Waals surface area contributed by atoms with Crippen molar-refractivity contribution < 1.29 is 4.74 Å². The van der Waals surface area contributed by atoms with Crippen LogP contribution in [0.3, 0.4) is 0 Å². The van der Waals surface area contributed by atoms with E-state index in [0.717, 1.165) is 17.1 Å². The lowest BCUT2D eigenvalue weighted by atomic mass is 9.67. The first kappa shape index (κ1) is 25.4. The minimum Gasteiger partial charge on any atom is -0.456 e. The summed E-state index contributed by atoms with van der Waals surface area (Å²) in [5, 5.41) is 4.90. The first-order valence-corrected chi connectivity index (χ1v) is 15.9. The van der Waals surface area contributed by atoms with E-state index in [1.165, 1.54) is 71.6 Å². The fraction of sp³-hybridized carbons (Fsp3) is 0.0222. The topological polar surface area (TPSA) is 9.23 Å². The average Bonchev–Trinajstić information content (AvgIpc) is 3.41. The molecule has 8 aromatic rings. The molecule has 0 N–H and O–H groups in total. The summed E-state index contributed by atoms with van der Waals surface area (Å²) in [5.41, 5.74) is 12.2. The Morgan fingerprint density at radius 1 is 0.348 bits per heavy atom. The quantitative estimate of drug-likeness (QED) is 0.201. The number of para-hydroxylation sites is 1. The van der Waals surface area contributed by atoms with E-state index in [0.29, 0.717) is 0 Å². The molecule has 1 aliphatic heterocycles. The maximum absolute atomic E-state index is 6.31. The minimum absolute atomic E-state index is 0.434. The van der Waals surface area contributed by atoms with E-state index in [1.807, 2.05) is 6.07 Å². The van der Waals surface area contributed by atoms with Gasteiger partial charge in [-0.2, -0.15) is 0 Å². The number of ether oxygens (including phenoxy) is 1. The Hall–Kier alpha value is -5.92. The molecule has 1 heterocycles. The third-order valence-corrected chi connectivity index (χ3v) is 10.1. The molecule has 1 aliphatic carbocycles. The number of rotatable bonds is 3. The smallest absolute Gasteiger partial charge is 0.135 e. The molecule has 0 fully saturated rings. The Morgan fingerprint density at radius 2 is 1.00 bits per heavy atom. The number of hydrogen-bond acceptors (Lipinski definition) is 1. The van der Waals surface area contributed by atoms with Gasteiger partial charge in [-0.25, -0.2) is 0 Å². The van der Waals surface area contributed by atoms with Crippen LogP contribution in [0.2, 0.25) is 0 Å². The molecule has 1 nitrogen and oxygen atoms in total. The second kappa shape index (κ2) is 9.54. The van der Waals surface area contributed by atoms with Crippen molar-refractivity contribution in [2.75, 3.05) is 0 Å². The lowest BCUT2D eigenvalue weighted by Crippen LogP contribution is -2.28. The van der Waals surface area contributed by atoms with E-state index in [1.54, 1.807) is 0 Å². The second-order valence-corrected chi connectivity index (χ2v) is 12.5. The van der Waals surface area contributed by atoms with Crippen molar-refractivity contribution in [1.29, 1.82) is 0 Å². The molecule has 0 saturated carbocycles. The Balaban J connectivity index is 1.20. The normalized spacial score (nSPS) is 15.7. The first-order valence-electron chi connectivity index (χ1n) is 15.9. The highest BCUT2D eigenvalue weighted by atomic mass is 16.5. The maximum atomic E-state index is 6.31. The van der Waals surface area contributed by atoms with E-state index in [-0.39, 0.29) is 0 Å². The zero-order valence-corrected chi connectivity index (χ0v) is 25.1. The highest BCUT2D eigenvalue weighted by Gasteiger charge is 2.46. The molecule has 0 aromatic heterocycles. The van der Waals surface area contributed by atoms with Gasteiger partial charge < -0.3 is 4.74 Å². The molecule has 0 spiro atoms. The van der Waals surface area contributed by atoms with Gasteiger partial charge in [-0.15, -0.1) is 0 Å². The summed E-state index contributed by atoms with van der Waals surface area (Å²) in [6.45, 7) is 0. The third-order valence-electron chi connectivity index (χ3n) is 10.1. The van der Waals surface area contributed by atoms with E-state index < -0.39 is 5.41 Å². The van der Waals surface area contributed by atoms with Crippen LogP contribution in [0, 0.1) is 0 Å². The molecular weight excluding hydrogens is 556 g/mol. The van der Waals surface area contributed by atoms with Gasteiger partial charge in [0, 0.05) is 10.9 Å². The molecule has 0 bridgehead atoms. The Kier molecular flexibility index (Phi) is 5.27. The molecule has 10 rings (SSSR count). The van der Waals surface area contributed by atoms with Gasteiger partial charge in [0.2, 0.25) is 0 Å². The lowest BCUT2D eigenvalue weighted by molar-refractivity contribution is 0.487. The zero-order valence-electron chi connectivity index (χ0n) is 25.1. The van der Waals surface area contributed by atoms with Crippen molar-refractivity contribution in [3.05, 3.63) is 192 Å². The molecule has 8 aromatic carbocycles. The molecule has 0 radical (unpaired) electrons. The van der Waals surface area contributed by atoms with Crippen LogP contribution in [-0.4, -0.2) is 0 Å². The maximum Gasteiger partial charge on any atom is 0.135 e. The van der Waals surface area contributed by atoms with Gasteiger partial charge in [-0.1, -0.05) is 133 Å². The van der Waals surface area contributed by atoms with Crippen LogP contribution in [0.25, 0.3) is 54.9 Å². The molecule has 0 amide bonds. The van der Waals surface area contributed by atoms with Gasteiger partial charge in [0.1, 0.15) is 11.5 Å². The van der Waals surface area contributed by atoms with Gasteiger partial charge in [0.25, 0.3) is 0 Å². The molecular formula is C45H28O. The van der Waals surface area contributed by atoms with Crippen molar-refractivity contribution in [1.82, 2.24) is 0 Å². The van der Waals surface area contributed by atoms with E-state index in [2.05, 4.69) is 164 Å². The monoisotopic (exact) mass is 584 g/mol. The molecule has 2 aliphatic rings. The highest BCUT2D eigenvalue weighted by molar-refractivity contribution is 6.06. The van der Waals surface area contributed by atoms with Gasteiger partial charge in [-0.05, 0) is 103 Å². The van der Waals surface area contributed by atoms with Gasteiger partial charge in [0.05, 0.1) is 5.41 Å². The summed E-state index contributed by atoms with van der Waals surface area (Å²) in [5.74, 6) is 1.83. The van der Waals surface area contributed by atoms with Crippen LogP contribution in [-0.2, 0) is 5.41 Å². The van der Waals surface area contributed by atoms with E-state index in [4.69, 9.17) is 4.74 Å². The van der Waals surface area contributed by atoms with Crippen LogP contribution >= 0.6 is 0 Å². The summed E-state index contributed by atoms with van der Waals surface area (Å²) >= 11 is 0. The number of benzene rings is 8. The summed E-state index contributed by atoms with van der Waals surface area (Å²) in [7, 11) is 0. The zero-order chi connectivity index (χ0) is 30.2. The Morgan fingerprint density at radius 3 is 1.85 bits per heavy atom. The molecule has 46 heavy (non-hydrogen) atoms. The summed E-state index contributed by atoms with van der Waals surface area (Å²) in [6, 6.07) is 62.2. The molecule has 1 heteroatoms. The highest BCUT2D eigenvalue weighted by Crippen LogP contribution is 2.57. The van der Waals surface area contributed by atoms with Crippen LogP contribution < -0.4 is 4.74 Å². The van der Waals surface area contributed by atoms with Crippen LogP contribution in [0.1, 0.15) is 22.3 Å². The van der Waals surface area contributed by atoms with Gasteiger partial charge in [-0.3, -0.25) is 0 Å². The summed E-state index contributed by atoms with van der Waals surface area (Å²) in [6.07, 6.45) is 0. The van der Waals surface area contributed by atoms with E-state index in [9.17, 15) is 0 Å². The van der Waals surface area contributed by atoms with Crippen molar-refractivity contribution >= 4 is 21.5 Å². The van der Waals surface area contributed by atoms with Crippen molar-refractivity contribution in [2.24, 2.45) is 0 Å². The molecule has 214 valence electrons. The predicted octanol–water partition coefficient (Wildman–Crippen LogP) is 11.8. The second-order valence-electron chi connectivity index (χ2n) is 12.5. The molecule has 1 atom stereocenters. The van der Waals surface area contributed by atoms with E-state index >= 15 is 0 Å². The molecule has 0 saturated heterocycles. The minimum atomic E-state index is -0.434. The standard InChI is InChI=1S/C45H28O/c1-2-14-34(15-3-1)45(40-18-8-6-16-36(40)38-26-30-11-4-5-12-31(30)28-41(38)45)35-23-21-29(22-24-35)33-25-32-13-10-20-43-44(32)39(27-33)37-17-7-9-19-42(37)46-43/h1-28H. The van der Waals surface area contributed by atoms with Gasteiger partial charge >= 0.3 is 0 Å². The van der Waals surface area contributed by atoms with Crippen molar-refractivity contribution in [3.63, 3.8) is 0 Å². The fourth-order valence-corrected chi connectivity index (χ4v) is 8.11. The third kappa shape index (κ3) is 3.46. The number of hydrogen-bond donors (Lipinski definition) is 0. The first-order chi connectivity index (χ1) is 22.8. The summed E-state index contributed by atoms with van der Waals surface area (Å²) in [4.78, 5) is 0. The van der Waals surface area contributed by atoms with Gasteiger partial charge in [0.15, 0.2) is 0 Å². The predicted molar refractivity (Wildman–Crippen MR) is 190 cm³/mol. The van der Waals surface area contributed by atoms with Crippen LogP contribution in [0.4, 0.5) is 0 Å². The lowest BCUT2D eigenvalue weighted by Gasteiger charge is -2.34. The largest absolute Gasteiger partial charge is 0.456 e. The van der Waals surface area contributed by atoms with Crippen molar-refractivity contribution in [3.8, 4) is 44.9 Å². The van der Waals surface area contributed by atoms with Crippen LogP contribution in [0.5, 0.6) is 11.5 Å². The Labute approximate surface area is 268 Å². The molecule has 1 unspecified atom stereocenters. The van der Waals surface area contributed by atoms with Crippen molar-refractivity contribution in [2.45, 2.75) is 5.41 Å². The number of fused-ring (bicyclic) bond motifs is 6.